The standard InChI is InChI=1S/C25H32N2O4/c1-17-6-8-20(9-7-17)15-27(18(2)24(29)26-25(3,4)5)23(28)13-11-19-10-12-21-22(14-19)31-16-30-21/h6-10,12,14,18H,11,13,15-16H2,1-5H3,(H,26,29)/t18-/m0/s1. The number of benzene rings is 2. The van der Waals surface area contributed by atoms with Gasteiger partial charge in [-0.25, -0.2) is 0 Å². The lowest BCUT2D eigenvalue weighted by Gasteiger charge is -2.31. The van der Waals surface area contributed by atoms with Crippen LogP contribution in [0, 0.1) is 6.92 Å². The van der Waals surface area contributed by atoms with Crippen LogP contribution in [0.3, 0.4) is 0 Å². The second-order valence-corrected chi connectivity index (χ2v) is 9.11. The Morgan fingerprint density at radius 2 is 1.68 bits per heavy atom. The van der Waals surface area contributed by atoms with Crippen molar-refractivity contribution in [3.8, 4) is 11.5 Å². The molecule has 0 aromatic heterocycles. The average molecular weight is 425 g/mol. The zero-order chi connectivity index (χ0) is 22.6. The summed E-state index contributed by atoms with van der Waals surface area (Å²) < 4.78 is 10.8. The number of nitrogens with zero attached hydrogens (tertiary/aromatic N) is 1. The molecule has 0 saturated heterocycles. The number of aryl methyl sites for hydroxylation is 2. The molecule has 2 amide bonds. The molecule has 0 unspecified atom stereocenters. The van der Waals surface area contributed by atoms with Gasteiger partial charge in [0.05, 0.1) is 0 Å². The number of carbonyl (C=O) groups is 2. The van der Waals surface area contributed by atoms with E-state index in [0.29, 0.717) is 25.1 Å². The van der Waals surface area contributed by atoms with Crippen LogP contribution in [0.2, 0.25) is 0 Å². The molecule has 6 nitrogen and oxygen atoms in total. The fraction of sp³-hybridized carbons (Fsp3) is 0.440. The number of amides is 2. The van der Waals surface area contributed by atoms with Gasteiger partial charge in [-0.2, -0.15) is 0 Å². The van der Waals surface area contributed by atoms with Crippen LogP contribution in [0.1, 0.15) is 50.8 Å². The lowest BCUT2D eigenvalue weighted by atomic mass is 10.1. The molecule has 0 radical (unpaired) electrons. The Kier molecular flexibility index (Phi) is 6.88. The average Bonchev–Trinajstić information content (AvgIpc) is 3.17. The second-order valence-electron chi connectivity index (χ2n) is 9.11. The van der Waals surface area contributed by atoms with Gasteiger partial charge in [0.25, 0.3) is 0 Å². The van der Waals surface area contributed by atoms with Crippen molar-refractivity contribution in [2.45, 2.75) is 65.6 Å². The van der Waals surface area contributed by atoms with Gasteiger partial charge < -0.3 is 19.7 Å². The fourth-order valence-electron chi connectivity index (χ4n) is 3.44. The quantitative estimate of drug-likeness (QED) is 0.730. The predicted molar refractivity (Wildman–Crippen MR) is 120 cm³/mol. The van der Waals surface area contributed by atoms with Gasteiger partial charge in [-0.1, -0.05) is 35.9 Å². The van der Waals surface area contributed by atoms with Crippen LogP contribution in [0.25, 0.3) is 0 Å². The van der Waals surface area contributed by atoms with Gasteiger partial charge in [-0.05, 0) is 64.3 Å². The summed E-state index contributed by atoms with van der Waals surface area (Å²) in [5.41, 5.74) is 2.79. The zero-order valence-corrected chi connectivity index (χ0v) is 19.0. The first kappa shape index (κ1) is 22.7. The summed E-state index contributed by atoms with van der Waals surface area (Å²) in [6.07, 6.45) is 0.867. The summed E-state index contributed by atoms with van der Waals surface area (Å²) in [4.78, 5) is 27.7. The Bertz CT molecular complexity index is 932. The van der Waals surface area contributed by atoms with Crippen molar-refractivity contribution in [1.29, 1.82) is 0 Å². The van der Waals surface area contributed by atoms with Gasteiger partial charge in [0.15, 0.2) is 11.5 Å². The predicted octanol–water partition coefficient (Wildman–Crippen LogP) is 3.99. The van der Waals surface area contributed by atoms with Gasteiger partial charge >= 0.3 is 0 Å². The molecule has 3 rings (SSSR count). The maximum Gasteiger partial charge on any atom is 0.242 e. The first-order valence-electron chi connectivity index (χ1n) is 10.7. The van der Waals surface area contributed by atoms with Crippen molar-refractivity contribution >= 4 is 11.8 Å². The summed E-state index contributed by atoms with van der Waals surface area (Å²) >= 11 is 0. The van der Waals surface area contributed by atoms with Crippen LogP contribution >= 0.6 is 0 Å². The lowest BCUT2D eigenvalue weighted by molar-refractivity contribution is -0.141. The second kappa shape index (κ2) is 9.41. The highest BCUT2D eigenvalue weighted by molar-refractivity contribution is 5.87. The SMILES string of the molecule is Cc1ccc(CN(C(=O)CCc2ccc3c(c2)OCO3)[C@@H](C)C(=O)NC(C)(C)C)cc1. The minimum absolute atomic E-state index is 0.0604. The number of hydrogen-bond donors (Lipinski definition) is 1. The van der Waals surface area contributed by atoms with E-state index in [1.165, 1.54) is 0 Å². The van der Waals surface area contributed by atoms with Crippen molar-refractivity contribution in [2.24, 2.45) is 0 Å². The molecule has 0 saturated carbocycles. The number of carbonyl (C=O) groups excluding carboxylic acids is 2. The first-order valence-corrected chi connectivity index (χ1v) is 10.7. The number of ether oxygens (including phenoxy) is 2. The molecule has 1 atom stereocenters. The molecule has 1 heterocycles. The van der Waals surface area contributed by atoms with E-state index < -0.39 is 6.04 Å². The smallest absolute Gasteiger partial charge is 0.242 e. The van der Waals surface area contributed by atoms with E-state index in [0.717, 1.165) is 22.4 Å². The third kappa shape index (κ3) is 6.23. The molecule has 2 aromatic carbocycles. The van der Waals surface area contributed by atoms with Crippen LogP contribution in [0.4, 0.5) is 0 Å². The molecule has 1 aliphatic heterocycles. The largest absolute Gasteiger partial charge is 0.454 e. The van der Waals surface area contributed by atoms with Crippen molar-refractivity contribution in [3.05, 3.63) is 59.2 Å². The minimum atomic E-state index is -0.579. The molecule has 31 heavy (non-hydrogen) atoms. The molecule has 0 aliphatic carbocycles. The molecule has 1 N–H and O–H groups in total. The van der Waals surface area contributed by atoms with Crippen molar-refractivity contribution in [1.82, 2.24) is 10.2 Å². The maximum absolute atomic E-state index is 13.2. The summed E-state index contributed by atoms with van der Waals surface area (Å²) in [6, 6.07) is 13.2. The van der Waals surface area contributed by atoms with E-state index in [9.17, 15) is 9.59 Å². The number of rotatable bonds is 7. The summed E-state index contributed by atoms with van der Waals surface area (Å²) in [5, 5.41) is 2.99. The molecule has 6 heteroatoms. The monoisotopic (exact) mass is 424 g/mol. The third-order valence-electron chi connectivity index (χ3n) is 5.20. The Hall–Kier alpha value is -3.02. The van der Waals surface area contributed by atoms with Gasteiger partial charge in [0.1, 0.15) is 6.04 Å². The fourth-order valence-corrected chi connectivity index (χ4v) is 3.44. The topological polar surface area (TPSA) is 67.9 Å². The Morgan fingerprint density at radius 3 is 2.35 bits per heavy atom. The normalized spacial score (nSPS) is 13.6. The van der Waals surface area contributed by atoms with Crippen LogP contribution in [-0.2, 0) is 22.6 Å². The Labute approximate surface area is 184 Å². The number of hydrogen-bond acceptors (Lipinski definition) is 4. The highest BCUT2D eigenvalue weighted by Gasteiger charge is 2.28. The van der Waals surface area contributed by atoms with E-state index in [4.69, 9.17) is 9.47 Å². The lowest BCUT2D eigenvalue weighted by Crippen LogP contribution is -2.52. The van der Waals surface area contributed by atoms with Crippen molar-refractivity contribution < 1.29 is 19.1 Å². The number of nitrogens with one attached hydrogen (secondary N) is 1. The molecular weight excluding hydrogens is 392 g/mol. The van der Waals surface area contributed by atoms with E-state index in [-0.39, 0.29) is 24.1 Å². The Morgan fingerprint density at radius 1 is 1.03 bits per heavy atom. The minimum Gasteiger partial charge on any atom is -0.454 e. The van der Waals surface area contributed by atoms with Gasteiger partial charge in [-0.15, -0.1) is 0 Å². The molecule has 0 fully saturated rings. The molecule has 166 valence electrons. The van der Waals surface area contributed by atoms with Crippen molar-refractivity contribution in [3.63, 3.8) is 0 Å². The zero-order valence-electron chi connectivity index (χ0n) is 19.0. The summed E-state index contributed by atoms with van der Waals surface area (Å²) in [6.45, 7) is 10.2. The van der Waals surface area contributed by atoms with Gasteiger partial charge in [-0.3, -0.25) is 9.59 Å². The van der Waals surface area contributed by atoms with E-state index in [1.807, 2.05) is 70.2 Å². The number of fused-ring (bicyclic) bond motifs is 1. The van der Waals surface area contributed by atoms with E-state index in [1.54, 1.807) is 11.8 Å². The van der Waals surface area contributed by atoms with Crippen molar-refractivity contribution in [2.75, 3.05) is 6.79 Å². The van der Waals surface area contributed by atoms with Gasteiger partial charge in [0, 0.05) is 18.5 Å². The van der Waals surface area contributed by atoms with Gasteiger partial charge in [0.2, 0.25) is 18.6 Å². The van der Waals surface area contributed by atoms with E-state index in [2.05, 4.69) is 5.32 Å². The third-order valence-corrected chi connectivity index (χ3v) is 5.20. The summed E-state index contributed by atoms with van der Waals surface area (Å²) in [5.74, 6) is 1.22. The highest BCUT2D eigenvalue weighted by atomic mass is 16.7. The molecular formula is C25H32N2O4. The molecule has 1 aliphatic rings. The maximum atomic E-state index is 13.2. The molecule has 0 bridgehead atoms. The van der Waals surface area contributed by atoms with E-state index >= 15 is 0 Å². The van der Waals surface area contributed by atoms with Crippen LogP contribution < -0.4 is 14.8 Å². The van der Waals surface area contributed by atoms with Crippen LogP contribution in [-0.4, -0.2) is 35.1 Å². The van der Waals surface area contributed by atoms with Crippen LogP contribution in [0.15, 0.2) is 42.5 Å². The first-order chi connectivity index (χ1) is 14.6. The Balaban J connectivity index is 1.72. The highest BCUT2D eigenvalue weighted by Crippen LogP contribution is 2.32. The molecule has 2 aromatic rings. The summed E-state index contributed by atoms with van der Waals surface area (Å²) in [7, 11) is 0. The van der Waals surface area contributed by atoms with Crippen LogP contribution in [0.5, 0.6) is 11.5 Å². The molecule has 0 spiro atoms.